The fourth-order valence-corrected chi connectivity index (χ4v) is 2.38. The molecule has 1 aliphatic carbocycles. The normalized spacial score (nSPS) is 18.0. The molecule has 0 radical (unpaired) electrons. The highest BCUT2D eigenvalue weighted by atomic mass is 19.4. The van der Waals surface area contributed by atoms with E-state index in [1.807, 2.05) is 12.2 Å². The van der Waals surface area contributed by atoms with Crippen molar-refractivity contribution in [2.45, 2.75) is 62.7 Å². The smallest absolute Gasteiger partial charge is 0.381 e. The molecule has 12 heteroatoms. The first-order chi connectivity index (χ1) is 13.3. The summed E-state index contributed by atoms with van der Waals surface area (Å²) in [4.78, 5) is 22.8. The molecule has 0 aromatic heterocycles. The SMILES string of the molecule is O=C(CCCC(=O)OCC(F)(F)C(F)(F)C(F)(F)C(F)F)OCC1CC=CCC1. The van der Waals surface area contributed by atoms with Crippen molar-refractivity contribution < 1.29 is 54.2 Å². The van der Waals surface area contributed by atoms with Gasteiger partial charge in [0, 0.05) is 12.8 Å². The third-order valence-electron chi connectivity index (χ3n) is 4.19. The summed E-state index contributed by atoms with van der Waals surface area (Å²) >= 11 is 0. The second kappa shape index (κ2) is 10.2. The highest BCUT2D eigenvalue weighted by molar-refractivity contribution is 5.72. The highest BCUT2D eigenvalue weighted by Gasteiger charge is 2.75. The van der Waals surface area contributed by atoms with Crippen molar-refractivity contribution in [1.29, 1.82) is 0 Å². The fourth-order valence-electron chi connectivity index (χ4n) is 2.38. The maximum Gasteiger partial charge on any atom is 0.381 e. The third kappa shape index (κ3) is 6.84. The van der Waals surface area contributed by atoms with E-state index in [9.17, 15) is 44.7 Å². The van der Waals surface area contributed by atoms with Gasteiger partial charge in [-0.3, -0.25) is 9.59 Å². The first-order valence-electron chi connectivity index (χ1n) is 8.69. The van der Waals surface area contributed by atoms with Gasteiger partial charge in [-0.15, -0.1) is 0 Å². The number of hydrogen-bond acceptors (Lipinski definition) is 4. The molecule has 0 heterocycles. The number of carbonyl (C=O) groups is 2. The van der Waals surface area contributed by atoms with Gasteiger partial charge in [-0.1, -0.05) is 12.2 Å². The van der Waals surface area contributed by atoms with Crippen LogP contribution < -0.4 is 0 Å². The minimum atomic E-state index is -6.44. The van der Waals surface area contributed by atoms with E-state index in [0.717, 1.165) is 19.3 Å². The van der Waals surface area contributed by atoms with Crippen LogP contribution in [-0.2, 0) is 19.1 Å². The van der Waals surface area contributed by atoms with Crippen LogP contribution in [0.4, 0.5) is 35.1 Å². The lowest BCUT2D eigenvalue weighted by atomic mass is 9.95. The Hall–Kier alpha value is -1.88. The Morgan fingerprint density at radius 1 is 0.966 bits per heavy atom. The molecule has 1 atom stereocenters. The van der Waals surface area contributed by atoms with Crippen LogP contribution in [0.1, 0.15) is 38.5 Å². The Morgan fingerprint density at radius 3 is 2.07 bits per heavy atom. The van der Waals surface area contributed by atoms with Crippen LogP contribution in [0.5, 0.6) is 0 Å². The van der Waals surface area contributed by atoms with Gasteiger partial charge in [0.15, 0.2) is 6.61 Å². The first-order valence-corrected chi connectivity index (χ1v) is 8.69. The molecule has 0 saturated heterocycles. The quantitative estimate of drug-likeness (QED) is 0.264. The zero-order chi connectivity index (χ0) is 22.3. The monoisotopic (exact) mass is 440 g/mol. The van der Waals surface area contributed by atoms with Crippen LogP contribution in [0.3, 0.4) is 0 Å². The molecule has 0 aliphatic heterocycles. The average Bonchev–Trinajstić information content (AvgIpc) is 2.65. The number of ether oxygens (including phenoxy) is 2. The summed E-state index contributed by atoms with van der Waals surface area (Å²) < 4.78 is 111. The van der Waals surface area contributed by atoms with Crippen molar-refractivity contribution in [2.75, 3.05) is 13.2 Å². The molecule has 0 spiro atoms. The van der Waals surface area contributed by atoms with E-state index >= 15 is 0 Å². The average molecular weight is 440 g/mol. The van der Waals surface area contributed by atoms with Gasteiger partial charge in [-0.25, -0.2) is 8.78 Å². The van der Waals surface area contributed by atoms with E-state index in [2.05, 4.69) is 4.74 Å². The van der Waals surface area contributed by atoms with Crippen molar-refractivity contribution in [3.63, 3.8) is 0 Å². The number of carbonyl (C=O) groups excluding carboxylic acids is 2. The zero-order valence-electron chi connectivity index (χ0n) is 15.1. The van der Waals surface area contributed by atoms with Crippen molar-refractivity contribution in [3.8, 4) is 0 Å². The summed E-state index contributed by atoms with van der Waals surface area (Å²) in [6.45, 7) is -2.34. The van der Waals surface area contributed by atoms with Crippen molar-refractivity contribution >= 4 is 11.9 Å². The number of rotatable bonds is 11. The second-order valence-electron chi connectivity index (χ2n) is 6.55. The van der Waals surface area contributed by atoms with E-state index in [-0.39, 0.29) is 25.4 Å². The number of halogens is 8. The fraction of sp³-hybridized carbons (Fsp3) is 0.765. The van der Waals surface area contributed by atoms with Crippen molar-refractivity contribution in [1.82, 2.24) is 0 Å². The van der Waals surface area contributed by atoms with Crippen LogP contribution >= 0.6 is 0 Å². The Kier molecular flexibility index (Phi) is 8.88. The maximum atomic E-state index is 13.2. The van der Waals surface area contributed by atoms with Crippen molar-refractivity contribution in [2.24, 2.45) is 5.92 Å². The van der Waals surface area contributed by atoms with E-state index in [1.165, 1.54) is 0 Å². The summed E-state index contributed by atoms with van der Waals surface area (Å²) in [5.41, 5.74) is 0. The summed E-state index contributed by atoms with van der Waals surface area (Å²) in [5, 5.41) is 0. The number of allylic oxidation sites excluding steroid dienone is 2. The molecule has 168 valence electrons. The van der Waals surface area contributed by atoms with Crippen molar-refractivity contribution in [3.05, 3.63) is 12.2 Å². The van der Waals surface area contributed by atoms with Gasteiger partial charge >= 0.3 is 36.1 Å². The van der Waals surface area contributed by atoms with E-state index < -0.39 is 49.2 Å². The standard InChI is InChI=1S/C17H20F8O4/c18-14(19)16(22,23)17(24,25)15(20,21)10-29-13(27)8-4-7-12(26)28-9-11-5-2-1-3-6-11/h1-2,11,14H,3-10H2. The molecule has 1 unspecified atom stereocenters. The minimum absolute atomic E-state index is 0.171. The minimum Gasteiger partial charge on any atom is -0.465 e. The molecule has 29 heavy (non-hydrogen) atoms. The summed E-state index contributed by atoms with van der Waals surface area (Å²) in [5.74, 6) is -20.5. The molecule has 0 saturated carbocycles. The largest absolute Gasteiger partial charge is 0.465 e. The topological polar surface area (TPSA) is 52.6 Å². The van der Waals surface area contributed by atoms with Crippen LogP contribution in [0, 0.1) is 5.92 Å². The van der Waals surface area contributed by atoms with E-state index in [1.54, 1.807) is 0 Å². The lowest BCUT2D eigenvalue weighted by molar-refractivity contribution is -0.344. The lowest BCUT2D eigenvalue weighted by Gasteiger charge is -2.31. The molecule has 1 rings (SSSR count). The molecule has 1 aliphatic rings. The van der Waals surface area contributed by atoms with Gasteiger partial charge in [0.25, 0.3) is 0 Å². The van der Waals surface area contributed by atoms with Crippen LogP contribution in [0.15, 0.2) is 12.2 Å². The Labute approximate surface area is 161 Å². The van der Waals surface area contributed by atoms with Crippen LogP contribution in [0.2, 0.25) is 0 Å². The molecule has 0 aromatic rings. The number of esters is 2. The number of hydrogen-bond donors (Lipinski definition) is 0. The van der Waals surface area contributed by atoms with Gasteiger partial charge < -0.3 is 9.47 Å². The van der Waals surface area contributed by atoms with Gasteiger partial charge in [-0.2, -0.15) is 26.3 Å². The van der Waals surface area contributed by atoms with E-state index in [4.69, 9.17) is 4.74 Å². The second-order valence-corrected chi connectivity index (χ2v) is 6.55. The molecular formula is C17H20F8O4. The summed E-state index contributed by atoms with van der Waals surface area (Å²) in [7, 11) is 0. The van der Waals surface area contributed by atoms with Gasteiger partial charge in [0.1, 0.15) is 0 Å². The maximum absolute atomic E-state index is 13.2. The predicted octanol–water partition coefficient (Wildman–Crippen LogP) is 4.77. The Bertz CT molecular complexity index is 592. The Morgan fingerprint density at radius 2 is 1.55 bits per heavy atom. The molecule has 0 aromatic carbocycles. The van der Waals surface area contributed by atoms with Gasteiger partial charge in [-0.05, 0) is 31.6 Å². The number of alkyl halides is 8. The lowest BCUT2D eigenvalue weighted by Crippen LogP contribution is -2.59. The zero-order valence-corrected chi connectivity index (χ0v) is 15.1. The first kappa shape index (κ1) is 25.2. The summed E-state index contributed by atoms with van der Waals surface area (Å²) in [6, 6.07) is 0. The van der Waals surface area contributed by atoms with Crippen LogP contribution in [0.25, 0.3) is 0 Å². The predicted molar refractivity (Wildman–Crippen MR) is 83.1 cm³/mol. The van der Waals surface area contributed by atoms with Crippen LogP contribution in [-0.4, -0.2) is 49.3 Å². The Balaban J connectivity index is 2.35. The van der Waals surface area contributed by atoms with Gasteiger partial charge in [0.05, 0.1) is 6.61 Å². The molecule has 0 amide bonds. The third-order valence-corrected chi connectivity index (χ3v) is 4.19. The molecular weight excluding hydrogens is 420 g/mol. The highest BCUT2D eigenvalue weighted by Crippen LogP contribution is 2.48. The molecule has 0 fully saturated rings. The van der Waals surface area contributed by atoms with E-state index in [0.29, 0.717) is 0 Å². The van der Waals surface area contributed by atoms with Gasteiger partial charge in [0.2, 0.25) is 0 Å². The molecule has 0 N–H and O–H groups in total. The molecule has 0 bridgehead atoms. The summed E-state index contributed by atoms with van der Waals surface area (Å²) in [6.07, 6.45) is 0.199. The molecule has 4 nitrogen and oxygen atoms in total.